The molecule has 176 valence electrons. The van der Waals surface area contributed by atoms with Crippen molar-refractivity contribution in [2.24, 2.45) is 11.3 Å². The van der Waals surface area contributed by atoms with Crippen LogP contribution in [0.2, 0.25) is 0 Å². The van der Waals surface area contributed by atoms with Crippen molar-refractivity contribution in [2.45, 2.75) is 78.2 Å². The average Bonchev–Trinajstić information content (AvgIpc) is 2.71. The van der Waals surface area contributed by atoms with Crippen LogP contribution in [0, 0.1) is 11.3 Å². The third-order valence-electron chi connectivity index (χ3n) is 7.11. The number of hydrogen-bond donors (Lipinski definition) is 0. The summed E-state index contributed by atoms with van der Waals surface area (Å²) in [5, 5.41) is 0. The van der Waals surface area contributed by atoms with Gasteiger partial charge in [-0.05, 0) is 38.8 Å². The van der Waals surface area contributed by atoms with E-state index in [0.29, 0.717) is 26.2 Å². The van der Waals surface area contributed by atoms with E-state index in [1.807, 2.05) is 34.6 Å². The number of likely N-dealkylation sites (tertiary alicyclic amines) is 3. The molecule has 1 unspecified atom stereocenters. The molecule has 0 radical (unpaired) electrons. The van der Waals surface area contributed by atoms with Gasteiger partial charge in [0.05, 0.1) is 19.1 Å². The average molecular weight is 438 g/mol. The summed E-state index contributed by atoms with van der Waals surface area (Å²) >= 11 is 0. The lowest BCUT2D eigenvalue weighted by atomic mass is 9.68. The Kier molecular flexibility index (Phi) is 8.22. The summed E-state index contributed by atoms with van der Waals surface area (Å²) in [4.78, 5) is 16.8. The number of carbonyl (C=O) groups is 1. The minimum Gasteiger partial charge on any atom is -0.342 e. The van der Waals surface area contributed by atoms with Crippen LogP contribution in [0.5, 0.6) is 0 Å². The summed E-state index contributed by atoms with van der Waals surface area (Å²) in [5.41, 5.74) is -1.17. The van der Waals surface area contributed by atoms with Crippen LogP contribution in [-0.4, -0.2) is 84.3 Å². The van der Waals surface area contributed by atoms with Crippen LogP contribution < -0.4 is 0 Å². The van der Waals surface area contributed by atoms with Crippen LogP contribution in [0.3, 0.4) is 0 Å². The summed E-state index contributed by atoms with van der Waals surface area (Å²) < 4.78 is 59.7. The van der Waals surface area contributed by atoms with Gasteiger partial charge < -0.3 is 4.90 Å². The maximum absolute atomic E-state index is 15.2. The Hall–Kier alpha value is -0.890. The highest BCUT2D eigenvalue weighted by atomic mass is 19.3. The predicted molar refractivity (Wildman–Crippen MR) is 111 cm³/mol. The SMILES string of the molecule is CC.CCN1CCC(N2CCC3(CCN(C(=O)C(C)C)CC3)C(F)(F)C2)C(F)(F)C1. The minimum atomic E-state index is -3.02. The summed E-state index contributed by atoms with van der Waals surface area (Å²) in [5.74, 6) is -6.14. The maximum Gasteiger partial charge on any atom is 0.275 e. The van der Waals surface area contributed by atoms with E-state index >= 15 is 8.78 Å². The third-order valence-corrected chi connectivity index (χ3v) is 7.11. The van der Waals surface area contributed by atoms with E-state index in [0.717, 1.165) is 0 Å². The molecule has 3 rings (SSSR count). The molecule has 1 atom stereocenters. The highest BCUT2D eigenvalue weighted by molar-refractivity contribution is 5.78. The number of halogens is 4. The Bertz CT molecular complexity index is 577. The molecule has 30 heavy (non-hydrogen) atoms. The summed E-state index contributed by atoms with van der Waals surface area (Å²) in [6.45, 7) is 10.5. The topological polar surface area (TPSA) is 26.8 Å². The molecule has 3 aliphatic rings. The molecular weight excluding hydrogens is 398 g/mol. The van der Waals surface area contributed by atoms with Gasteiger partial charge in [0.25, 0.3) is 11.8 Å². The first-order valence-corrected chi connectivity index (χ1v) is 11.5. The van der Waals surface area contributed by atoms with Gasteiger partial charge in [0.1, 0.15) is 0 Å². The Morgan fingerprint density at radius 3 is 2.00 bits per heavy atom. The summed E-state index contributed by atoms with van der Waals surface area (Å²) in [7, 11) is 0. The first-order chi connectivity index (χ1) is 14.0. The van der Waals surface area contributed by atoms with Crippen LogP contribution in [0.1, 0.15) is 60.3 Å². The normalized spacial score (nSPS) is 28.9. The highest BCUT2D eigenvalue weighted by Gasteiger charge is 2.60. The minimum absolute atomic E-state index is 0.00192. The third kappa shape index (κ3) is 4.95. The van der Waals surface area contributed by atoms with Crippen LogP contribution in [0.4, 0.5) is 17.6 Å². The van der Waals surface area contributed by atoms with E-state index in [1.165, 1.54) is 4.90 Å². The van der Waals surface area contributed by atoms with Gasteiger partial charge in [0.2, 0.25) is 5.91 Å². The van der Waals surface area contributed by atoms with Crippen LogP contribution in [0.25, 0.3) is 0 Å². The van der Waals surface area contributed by atoms with E-state index in [4.69, 9.17) is 0 Å². The molecule has 0 bridgehead atoms. The number of nitrogens with zero attached hydrogens (tertiary/aromatic N) is 3. The molecule has 1 amide bonds. The Morgan fingerprint density at radius 2 is 1.53 bits per heavy atom. The van der Waals surface area contributed by atoms with Gasteiger partial charge in [0.15, 0.2) is 0 Å². The molecule has 3 heterocycles. The molecule has 0 aromatic carbocycles. The molecule has 8 heteroatoms. The molecule has 0 aromatic heterocycles. The molecule has 0 aliphatic carbocycles. The zero-order valence-electron chi connectivity index (χ0n) is 19.2. The van der Waals surface area contributed by atoms with Gasteiger partial charge in [-0.25, -0.2) is 17.6 Å². The van der Waals surface area contributed by atoms with E-state index in [-0.39, 0.29) is 50.6 Å². The number of alkyl halides is 4. The van der Waals surface area contributed by atoms with E-state index < -0.39 is 29.8 Å². The van der Waals surface area contributed by atoms with Crippen molar-refractivity contribution in [1.82, 2.24) is 14.7 Å². The van der Waals surface area contributed by atoms with E-state index in [2.05, 4.69) is 0 Å². The zero-order chi connectivity index (χ0) is 22.7. The first-order valence-electron chi connectivity index (χ1n) is 11.5. The Balaban J connectivity index is 0.00000155. The van der Waals surface area contributed by atoms with Crippen molar-refractivity contribution in [3.05, 3.63) is 0 Å². The predicted octanol–water partition coefficient (Wildman–Crippen LogP) is 4.35. The fraction of sp³-hybridized carbons (Fsp3) is 0.955. The largest absolute Gasteiger partial charge is 0.342 e. The van der Waals surface area contributed by atoms with Crippen molar-refractivity contribution in [2.75, 3.05) is 45.8 Å². The van der Waals surface area contributed by atoms with Crippen molar-refractivity contribution in [3.63, 3.8) is 0 Å². The first kappa shape index (κ1) is 25.4. The fourth-order valence-corrected chi connectivity index (χ4v) is 5.16. The number of carbonyl (C=O) groups excluding carboxylic acids is 1. The summed E-state index contributed by atoms with van der Waals surface area (Å²) in [6.07, 6.45) is 0.933. The van der Waals surface area contributed by atoms with Gasteiger partial charge in [-0.15, -0.1) is 0 Å². The van der Waals surface area contributed by atoms with Gasteiger partial charge in [-0.1, -0.05) is 34.6 Å². The van der Waals surface area contributed by atoms with E-state index in [1.54, 1.807) is 9.80 Å². The second kappa shape index (κ2) is 9.72. The van der Waals surface area contributed by atoms with E-state index in [9.17, 15) is 13.6 Å². The van der Waals surface area contributed by atoms with Crippen LogP contribution in [-0.2, 0) is 4.79 Å². The van der Waals surface area contributed by atoms with Crippen molar-refractivity contribution in [3.8, 4) is 0 Å². The lowest BCUT2D eigenvalue weighted by Gasteiger charge is -2.54. The molecule has 0 aromatic rings. The lowest BCUT2D eigenvalue weighted by Crippen LogP contribution is -2.66. The highest BCUT2D eigenvalue weighted by Crippen LogP contribution is 2.52. The lowest BCUT2D eigenvalue weighted by molar-refractivity contribution is -0.215. The second-order valence-electron chi connectivity index (χ2n) is 9.12. The van der Waals surface area contributed by atoms with Crippen molar-refractivity contribution >= 4 is 5.91 Å². The van der Waals surface area contributed by atoms with Crippen molar-refractivity contribution in [1.29, 1.82) is 0 Å². The monoisotopic (exact) mass is 437 g/mol. The molecule has 3 fully saturated rings. The Morgan fingerprint density at radius 1 is 0.967 bits per heavy atom. The molecule has 3 saturated heterocycles. The van der Waals surface area contributed by atoms with Crippen molar-refractivity contribution < 1.29 is 22.4 Å². The number of amides is 1. The molecule has 0 saturated carbocycles. The number of piperidine rings is 3. The zero-order valence-corrected chi connectivity index (χ0v) is 19.2. The summed E-state index contributed by atoms with van der Waals surface area (Å²) in [6, 6.07) is -1.11. The van der Waals surface area contributed by atoms with Gasteiger partial charge in [-0.2, -0.15) is 0 Å². The molecule has 4 nitrogen and oxygen atoms in total. The number of rotatable bonds is 3. The molecule has 1 spiro atoms. The quantitative estimate of drug-likeness (QED) is 0.615. The van der Waals surface area contributed by atoms with Crippen LogP contribution >= 0.6 is 0 Å². The molecular formula is C22H39F4N3O. The number of hydrogen-bond acceptors (Lipinski definition) is 3. The van der Waals surface area contributed by atoms with Gasteiger partial charge in [-0.3, -0.25) is 14.6 Å². The Labute approximate surface area is 178 Å². The second-order valence-corrected chi connectivity index (χ2v) is 9.12. The van der Waals surface area contributed by atoms with Crippen LogP contribution in [0.15, 0.2) is 0 Å². The maximum atomic E-state index is 15.2. The standard InChI is InChI=1S/C20H33F4N3O.C2H6/c1-4-25-9-5-16(19(21,22)13-25)27-12-8-18(20(23,24)14-27)6-10-26(11-7-18)17(28)15(2)3;1-2/h15-16H,4-14H2,1-3H3;1-2H3. The fourth-order valence-electron chi connectivity index (χ4n) is 5.16. The smallest absolute Gasteiger partial charge is 0.275 e. The molecule has 3 aliphatic heterocycles. The van der Waals surface area contributed by atoms with Gasteiger partial charge in [0, 0.05) is 31.0 Å². The molecule has 0 N–H and O–H groups in total. The van der Waals surface area contributed by atoms with Gasteiger partial charge >= 0.3 is 0 Å².